The maximum absolute atomic E-state index is 11.3. The second kappa shape index (κ2) is 7.43. The molecule has 2 N–H and O–H groups in total. The molecule has 0 radical (unpaired) electrons. The van der Waals surface area contributed by atoms with Gasteiger partial charge in [0.15, 0.2) is 0 Å². The van der Waals surface area contributed by atoms with Crippen molar-refractivity contribution in [3.63, 3.8) is 0 Å². The number of carbonyl (C=O) groups excluding carboxylic acids is 1. The van der Waals surface area contributed by atoms with Crippen LogP contribution in [0.1, 0.15) is 5.56 Å². The van der Waals surface area contributed by atoms with E-state index in [0.717, 1.165) is 0 Å². The summed E-state index contributed by atoms with van der Waals surface area (Å²) in [5.74, 6) is -1.14. The number of carbonyl (C=O) groups is 2. The number of benzene rings is 1. The van der Waals surface area contributed by atoms with Crippen molar-refractivity contribution in [1.29, 1.82) is 0 Å². The molecule has 0 heterocycles. The van der Waals surface area contributed by atoms with Crippen LogP contribution < -0.4 is 5.32 Å². The third-order valence-electron chi connectivity index (χ3n) is 2.25. The summed E-state index contributed by atoms with van der Waals surface area (Å²) in [4.78, 5) is 22.4. The number of amides is 1. The van der Waals surface area contributed by atoms with E-state index in [9.17, 15) is 9.59 Å². The Labute approximate surface area is 115 Å². The molecule has 0 aliphatic rings. The highest BCUT2D eigenvalue weighted by Gasteiger charge is 2.21. The van der Waals surface area contributed by atoms with Crippen LogP contribution in [0.15, 0.2) is 36.9 Å². The summed E-state index contributed by atoms with van der Waals surface area (Å²) in [5.41, 5.74) is 0.712. The first kappa shape index (κ1) is 15.0. The molecule has 1 aromatic rings. The number of carboxylic acids is 1. The predicted molar refractivity (Wildman–Crippen MR) is 71.3 cm³/mol. The first-order valence-electron chi connectivity index (χ1n) is 5.54. The zero-order valence-corrected chi connectivity index (χ0v) is 10.9. The summed E-state index contributed by atoms with van der Waals surface area (Å²) in [6.45, 7) is 3.41. The lowest BCUT2D eigenvalue weighted by Crippen LogP contribution is -2.42. The van der Waals surface area contributed by atoms with Crippen LogP contribution in [0.4, 0.5) is 4.79 Å². The quantitative estimate of drug-likeness (QED) is 0.785. The van der Waals surface area contributed by atoms with Crippen LogP contribution in [0.5, 0.6) is 0 Å². The van der Waals surface area contributed by atoms with Gasteiger partial charge in [-0.2, -0.15) is 0 Å². The second-order valence-electron chi connectivity index (χ2n) is 3.76. The normalized spacial score (nSPS) is 11.4. The molecule has 102 valence electrons. The average molecular weight is 284 g/mol. The lowest BCUT2D eigenvalue weighted by Gasteiger charge is -2.14. The Morgan fingerprint density at radius 2 is 2.26 bits per heavy atom. The number of nitrogens with one attached hydrogen (secondary N) is 1. The van der Waals surface area contributed by atoms with E-state index in [-0.39, 0.29) is 13.0 Å². The Bertz CT molecular complexity index is 475. The summed E-state index contributed by atoms with van der Waals surface area (Å²) in [7, 11) is 0. The van der Waals surface area contributed by atoms with E-state index in [0.29, 0.717) is 10.6 Å². The molecule has 6 heteroatoms. The third kappa shape index (κ3) is 5.44. The van der Waals surface area contributed by atoms with Crippen LogP contribution in [0.3, 0.4) is 0 Å². The summed E-state index contributed by atoms with van der Waals surface area (Å²) < 4.78 is 4.68. The minimum atomic E-state index is -1.14. The summed E-state index contributed by atoms with van der Waals surface area (Å²) >= 11 is 5.81. The number of halogens is 1. The number of rotatable bonds is 6. The first-order chi connectivity index (χ1) is 9.02. The number of carboxylic acid groups (broad SMARTS) is 1. The van der Waals surface area contributed by atoms with Gasteiger partial charge in [0.25, 0.3) is 0 Å². The van der Waals surface area contributed by atoms with Gasteiger partial charge >= 0.3 is 12.1 Å². The Hall–Kier alpha value is -2.01. The monoisotopic (exact) mass is 283 g/mol. The molecule has 0 spiro atoms. The van der Waals surface area contributed by atoms with Crippen LogP contribution in [0.2, 0.25) is 5.02 Å². The topological polar surface area (TPSA) is 75.6 Å². The number of hydrogen-bond acceptors (Lipinski definition) is 3. The molecule has 0 aliphatic carbocycles. The molecule has 0 bridgehead atoms. The molecule has 1 aromatic carbocycles. The van der Waals surface area contributed by atoms with Crippen molar-refractivity contribution in [3.8, 4) is 0 Å². The molecule has 0 aromatic heterocycles. The van der Waals surface area contributed by atoms with Gasteiger partial charge in [-0.3, -0.25) is 0 Å². The highest BCUT2D eigenvalue weighted by molar-refractivity contribution is 6.30. The molecular formula is C13H14ClNO4. The highest BCUT2D eigenvalue weighted by Crippen LogP contribution is 2.12. The minimum absolute atomic E-state index is 0.0232. The van der Waals surface area contributed by atoms with Crippen molar-refractivity contribution in [2.45, 2.75) is 12.5 Å². The van der Waals surface area contributed by atoms with Crippen LogP contribution >= 0.6 is 11.6 Å². The van der Waals surface area contributed by atoms with E-state index < -0.39 is 18.1 Å². The van der Waals surface area contributed by atoms with E-state index in [1.807, 2.05) is 0 Å². The fourth-order valence-corrected chi connectivity index (χ4v) is 1.63. The summed E-state index contributed by atoms with van der Waals surface area (Å²) in [6, 6.07) is 5.71. The molecule has 1 atom stereocenters. The molecular weight excluding hydrogens is 270 g/mol. The van der Waals surface area contributed by atoms with E-state index in [1.165, 1.54) is 6.08 Å². The van der Waals surface area contributed by atoms with Crippen LogP contribution in [0.25, 0.3) is 0 Å². The molecule has 0 aliphatic heterocycles. The van der Waals surface area contributed by atoms with Crippen LogP contribution in [-0.2, 0) is 16.0 Å². The molecule has 19 heavy (non-hydrogen) atoms. The summed E-state index contributed by atoms with van der Waals surface area (Å²) in [5, 5.41) is 11.8. The molecule has 0 saturated carbocycles. The molecule has 5 nitrogen and oxygen atoms in total. The Balaban J connectivity index is 2.65. The first-order valence-corrected chi connectivity index (χ1v) is 5.92. The van der Waals surface area contributed by atoms with Gasteiger partial charge in [-0.15, -0.1) is 0 Å². The third-order valence-corrected chi connectivity index (χ3v) is 2.49. The molecule has 0 fully saturated rings. The van der Waals surface area contributed by atoms with E-state index in [4.69, 9.17) is 16.7 Å². The highest BCUT2D eigenvalue weighted by atomic mass is 35.5. The lowest BCUT2D eigenvalue weighted by atomic mass is 10.1. The number of hydrogen-bond donors (Lipinski definition) is 2. The standard InChI is InChI=1S/C13H14ClNO4/c1-2-6-19-13(18)15-11(12(16)17)8-9-4-3-5-10(14)7-9/h2-5,7,11H,1,6,8H2,(H,15,18)(H,16,17). The summed E-state index contributed by atoms with van der Waals surface area (Å²) in [6.07, 6.45) is 0.722. The van der Waals surface area contributed by atoms with Gasteiger partial charge in [-0.05, 0) is 17.7 Å². The largest absolute Gasteiger partial charge is 0.480 e. The van der Waals surface area contributed by atoms with Crippen molar-refractivity contribution in [3.05, 3.63) is 47.5 Å². The lowest BCUT2D eigenvalue weighted by molar-refractivity contribution is -0.139. The maximum Gasteiger partial charge on any atom is 0.408 e. The van der Waals surface area contributed by atoms with Crippen molar-refractivity contribution in [1.82, 2.24) is 5.32 Å². The van der Waals surface area contributed by atoms with Crippen molar-refractivity contribution in [2.75, 3.05) is 6.61 Å². The molecule has 1 amide bonds. The van der Waals surface area contributed by atoms with E-state index >= 15 is 0 Å². The van der Waals surface area contributed by atoms with Gasteiger partial charge in [0.05, 0.1) is 0 Å². The number of aliphatic carboxylic acids is 1. The average Bonchev–Trinajstić information content (AvgIpc) is 2.35. The smallest absolute Gasteiger partial charge is 0.408 e. The van der Waals surface area contributed by atoms with E-state index in [1.54, 1.807) is 24.3 Å². The number of alkyl carbamates (subject to hydrolysis) is 1. The van der Waals surface area contributed by atoms with Crippen LogP contribution in [0, 0.1) is 0 Å². The van der Waals surface area contributed by atoms with Crippen molar-refractivity contribution >= 4 is 23.7 Å². The fraction of sp³-hybridized carbons (Fsp3) is 0.231. The van der Waals surface area contributed by atoms with Gasteiger partial charge in [0.2, 0.25) is 0 Å². The fourth-order valence-electron chi connectivity index (χ4n) is 1.42. The Morgan fingerprint density at radius 1 is 1.53 bits per heavy atom. The van der Waals surface area contributed by atoms with Gasteiger partial charge in [-0.1, -0.05) is 36.4 Å². The van der Waals surface area contributed by atoms with Gasteiger partial charge in [0.1, 0.15) is 12.6 Å². The second-order valence-corrected chi connectivity index (χ2v) is 4.19. The Morgan fingerprint density at radius 3 is 2.84 bits per heavy atom. The zero-order chi connectivity index (χ0) is 14.3. The molecule has 1 unspecified atom stereocenters. The van der Waals surface area contributed by atoms with E-state index in [2.05, 4.69) is 16.6 Å². The van der Waals surface area contributed by atoms with Crippen molar-refractivity contribution in [2.24, 2.45) is 0 Å². The van der Waals surface area contributed by atoms with Gasteiger partial charge in [0, 0.05) is 11.4 Å². The molecule has 1 rings (SSSR count). The van der Waals surface area contributed by atoms with Crippen LogP contribution in [-0.4, -0.2) is 29.8 Å². The maximum atomic E-state index is 11.3. The van der Waals surface area contributed by atoms with Crippen molar-refractivity contribution < 1.29 is 19.4 Å². The SMILES string of the molecule is C=CCOC(=O)NC(Cc1cccc(Cl)c1)C(=O)O. The molecule has 0 saturated heterocycles. The Kier molecular flexibility index (Phi) is 5.89. The van der Waals surface area contributed by atoms with Gasteiger partial charge in [-0.25, -0.2) is 9.59 Å². The minimum Gasteiger partial charge on any atom is -0.480 e. The zero-order valence-electron chi connectivity index (χ0n) is 10.1. The van der Waals surface area contributed by atoms with Gasteiger partial charge < -0.3 is 15.2 Å². The predicted octanol–water partition coefficient (Wildman–Crippen LogP) is 2.25. The number of ether oxygens (including phenoxy) is 1.